The van der Waals surface area contributed by atoms with Gasteiger partial charge in [0.05, 0.1) is 5.69 Å². The van der Waals surface area contributed by atoms with Crippen molar-refractivity contribution < 1.29 is 4.74 Å². The Labute approximate surface area is 145 Å². The summed E-state index contributed by atoms with van der Waals surface area (Å²) in [6.07, 6.45) is 0. The number of hydrogen-bond donors (Lipinski definition) is 2. The minimum atomic E-state index is -0.0106. The lowest BCUT2D eigenvalue weighted by Gasteiger charge is -2.32. The number of fused-ring (bicyclic) bond motifs is 4. The van der Waals surface area contributed by atoms with E-state index in [1.54, 1.807) is 0 Å². The van der Waals surface area contributed by atoms with Crippen molar-refractivity contribution in [1.29, 1.82) is 5.26 Å². The molecule has 124 valence electrons. The molecule has 0 unspecified atom stereocenters. The first-order chi connectivity index (χ1) is 12.0. The van der Waals surface area contributed by atoms with Crippen LogP contribution in [-0.2, 0) is 0 Å². The number of nitrogens with zero attached hydrogens (tertiary/aromatic N) is 2. The summed E-state index contributed by atoms with van der Waals surface area (Å²) < 4.78 is 6.15. The minimum Gasteiger partial charge on any atom is -0.438 e. The number of benzene rings is 2. The average Bonchev–Trinajstić information content (AvgIpc) is 2.60. The molecule has 0 bridgehead atoms. The molecule has 0 amide bonds. The summed E-state index contributed by atoms with van der Waals surface area (Å²) in [5.74, 6) is 1.53. The van der Waals surface area contributed by atoms with Gasteiger partial charge >= 0.3 is 0 Å². The van der Waals surface area contributed by atoms with E-state index in [0.717, 1.165) is 27.6 Å². The van der Waals surface area contributed by atoms with Gasteiger partial charge in [-0.15, -0.1) is 0 Å². The van der Waals surface area contributed by atoms with Gasteiger partial charge in [0.1, 0.15) is 23.2 Å². The van der Waals surface area contributed by atoms with Crippen LogP contribution in [0.4, 0.5) is 11.5 Å². The second kappa shape index (κ2) is 5.38. The average molecular weight is 330 g/mol. The van der Waals surface area contributed by atoms with Crippen molar-refractivity contribution in [3.8, 4) is 17.7 Å². The van der Waals surface area contributed by atoms with E-state index in [1.165, 1.54) is 0 Å². The number of anilines is 2. The summed E-state index contributed by atoms with van der Waals surface area (Å²) >= 11 is 0. The minimum absolute atomic E-state index is 0.0106. The zero-order valence-corrected chi connectivity index (χ0v) is 14.1. The summed E-state index contributed by atoms with van der Waals surface area (Å²) in [7, 11) is 0. The predicted molar refractivity (Wildman–Crippen MR) is 98.5 cm³/mol. The van der Waals surface area contributed by atoms with Crippen molar-refractivity contribution in [3.05, 3.63) is 53.1 Å². The summed E-state index contributed by atoms with van der Waals surface area (Å²) in [6, 6.07) is 14.3. The predicted octanol–water partition coefficient (Wildman–Crippen LogP) is 4.16. The second-order valence-electron chi connectivity index (χ2n) is 6.65. The number of aromatic nitrogens is 1. The van der Waals surface area contributed by atoms with Gasteiger partial charge in [-0.05, 0) is 11.3 Å². The van der Waals surface area contributed by atoms with Gasteiger partial charge in [0.15, 0.2) is 0 Å². The highest BCUT2D eigenvalue weighted by Crippen LogP contribution is 2.52. The maximum Gasteiger partial charge on any atom is 0.227 e. The highest BCUT2D eigenvalue weighted by molar-refractivity contribution is 5.91. The molecular weight excluding hydrogens is 312 g/mol. The van der Waals surface area contributed by atoms with Gasteiger partial charge in [0.25, 0.3) is 0 Å². The quantitative estimate of drug-likeness (QED) is 0.698. The van der Waals surface area contributed by atoms with E-state index in [-0.39, 0.29) is 23.2 Å². The van der Waals surface area contributed by atoms with Crippen molar-refractivity contribution in [2.45, 2.75) is 19.8 Å². The smallest absolute Gasteiger partial charge is 0.227 e. The highest BCUT2D eigenvalue weighted by atomic mass is 16.5. The number of ether oxygens (including phenoxy) is 1. The summed E-state index contributed by atoms with van der Waals surface area (Å²) in [4.78, 5) is 4.34. The molecule has 3 aromatic rings. The molecule has 1 aromatic heterocycles. The Morgan fingerprint density at radius 2 is 1.92 bits per heavy atom. The van der Waals surface area contributed by atoms with E-state index in [9.17, 15) is 5.26 Å². The Hall–Kier alpha value is -3.26. The number of pyridine rings is 1. The van der Waals surface area contributed by atoms with Crippen molar-refractivity contribution in [3.63, 3.8) is 0 Å². The molecule has 2 aromatic carbocycles. The SMILES string of the molecule is CC(C)[C@H]1c2ccc3ccccc3c2Oc2nc(N)c(C#N)c(N)c21. The molecule has 5 nitrogen and oxygen atoms in total. The molecule has 0 saturated heterocycles. The largest absolute Gasteiger partial charge is 0.438 e. The van der Waals surface area contributed by atoms with Gasteiger partial charge < -0.3 is 16.2 Å². The van der Waals surface area contributed by atoms with Crippen LogP contribution in [0.3, 0.4) is 0 Å². The molecule has 0 aliphatic carbocycles. The molecular formula is C20H18N4O. The fourth-order valence-corrected chi connectivity index (χ4v) is 3.67. The van der Waals surface area contributed by atoms with Crippen LogP contribution >= 0.6 is 0 Å². The lowest BCUT2D eigenvalue weighted by molar-refractivity contribution is 0.410. The molecule has 0 spiro atoms. The van der Waals surface area contributed by atoms with Gasteiger partial charge in [0, 0.05) is 22.4 Å². The van der Waals surface area contributed by atoms with Crippen molar-refractivity contribution in [2.75, 3.05) is 11.5 Å². The maximum absolute atomic E-state index is 9.37. The Bertz CT molecular complexity index is 1050. The Balaban J connectivity index is 2.06. The maximum atomic E-state index is 9.37. The lowest BCUT2D eigenvalue weighted by atomic mass is 9.79. The van der Waals surface area contributed by atoms with E-state index in [1.807, 2.05) is 24.3 Å². The third-order valence-electron chi connectivity index (χ3n) is 4.80. The van der Waals surface area contributed by atoms with Gasteiger partial charge in [-0.2, -0.15) is 10.2 Å². The van der Waals surface area contributed by atoms with Gasteiger partial charge in [-0.3, -0.25) is 0 Å². The molecule has 0 saturated carbocycles. The second-order valence-corrected chi connectivity index (χ2v) is 6.65. The number of hydrogen-bond acceptors (Lipinski definition) is 5. The van der Waals surface area contributed by atoms with Crippen LogP contribution in [0.1, 0.15) is 36.5 Å². The summed E-state index contributed by atoms with van der Waals surface area (Å²) in [6.45, 7) is 4.25. The lowest BCUT2D eigenvalue weighted by Crippen LogP contribution is -2.20. The third kappa shape index (κ3) is 2.11. The van der Waals surface area contributed by atoms with Crippen molar-refractivity contribution in [1.82, 2.24) is 4.98 Å². The number of nitrogen functional groups attached to an aromatic ring is 2. The van der Waals surface area contributed by atoms with Crippen molar-refractivity contribution in [2.24, 2.45) is 5.92 Å². The summed E-state index contributed by atoms with van der Waals surface area (Å²) in [5.41, 5.74) is 14.6. The first-order valence-electron chi connectivity index (χ1n) is 8.21. The third-order valence-corrected chi connectivity index (χ3v) is 4.80. The fraction of sp³-hybridized carbons (Fsp3) is 0.200. The Morgan fingerprint density at radius 1 is 1.16 bits per heavy atom. The molecule has 0 fully saturated rings. The monoisotopic (exact) mass is 330 g/mol. The van der Waals surface area contributed by atoms with Crippen LogP contribution in [0, 0.1) is 17.2 Å². The first-order valence-corrected chi connectivity index (χ1v) is 8.21. The molecule has 4 N–H and O–H groups in total. The normalized spacial score (nSPS) is 15.4. The van der Waals surface area contributed by atoms with E-state index in [2.05, 4.69) is 37.0 Å². The molecule has 5 heteroatoms. The Kier molecular flexibility index (Phi) is 3.29. The zero-order valence-electron chi connectivity index (χ0n) is 14.1. The Morgan fingerprint density at radius 3 is 2.64 bits per heavy atom. The first kappa shape index (κ1) is 15.3. The van der Waals surface area contributed by atoms with E-state index in [0.29, 0.717) is 11.6 Å². The molecule has 0 radical (unpaired) electrons. The van der Waals surface area contributed by atoms with Crippen LogP contribution in [0.25, 0.3) is 10.8 Å². The van der Waals surface area contributed by atoms with E-state index < -0.39 is 0 Å². The zero-order chi connectivity index (χ0) is 17.7. The summed E-state index contributed by atoms with van der Waals surface area (Å²) in [5, 5.41) is 11.5. The topological polar surface area (TPSA) is 98.0 Å². The van der Waals surface area contributed by atoms with Crippen molar-refractivity contribution >= 4 is 22.3 Å². The van der Waals surface area contributed by atoms with E-state index in [4.69, 9.17) is 16.2 Å². The van der Waals surface area contributed by atoms with Crippen LogP contribution in [0.5, 0.6) is 11.6 Å². The molecule has 25 heavy (non-hydrogen) atoms. The van der Waals surface area contributed by atoms with E-state index >= 15 is 0 Å². The highest BCUT2D eigenvalue weighted by Gasteiger charge is 2.35. The fourth-order valence-electron chi connectivity index (χ4n) is 3.67. The van der Waals surface area contributed by atoms with Crippen LogP contribution < -0.4 is 16.2 Å². The van der Waals surface area contributed by atoms with Gasteiger partial charge in [-0.25, -0.2) is 0 Å². The van der Waals surface area contributed by atoms with Gasteiger partial charge in [-0.1, -0.05) is 50.2 Å². The van der Waals surface area contributed by atoms with Gasteiger partial charge in [0.2, 0.25) is 5.88 Å². The van der Waals surface area contributed by atoms with Crippen LogP contribution in [-0.4, -0.2) is 4.98 Å². The molecule has 2 heterocycles. The van der Waals surface area contributed by atoms with Crippen LogP contribution in [0.2, 0.25) is 0 Å². The number of nitriles is 1. The molecule has 1 aliphatic heterocycles. The standard InChI is InChI=1S/C20H18N4O/c1-10(2)15-13-8-7-11-5-3-4-6-12(11)18(13)25-20-16(15)17(22)14(9-21)19(23)24-20/h3-8,10,15H,1-2H3,(H4,22,23,24)/t15-/m0/s1. The molecule has 1 atom stereocenters. The molecule has 1 aliphatic rings. The van der Waals surface area contributed by atoms with Crippen LogP contribution in [0.15, 0.2) is 36.4 Å². The molecule has 4 rings (SSSR count). The number of rotatable bonds is 1. The number of nitrogens with two attached hydrogens (primary N) is 2.